The first-order valence-electron chi connectivity index (χ1n) is 13.8. The van der Waals surface area contributed by atoms with Gasteiger partial charge in [0.2, 0.25) is 0 Å². The average molecular weight is 559 g/mol. The number of amides is 2. The maximum absolute atomic E-state index is 12.8. The largest absolute Gasteiger partial charge is 0.394 e. The molecule has 0 saturated carbocycles. The van der Waals surface area contributed by atoms with Gasteiger partial charge in [-0.2, -0.15) is 0 Å². The maximum atomic E-state index is 12.8. The van der Waals surface area contributed by atoms with E-state index < -0.39 is 0 Å². The predicted octanol–water partition coefficient (Wildman–Crippen LogP) is 4.07. The topological polar surface area (TPSA) is 94.1 Å². The van der Waals surface area contributed by atoms with Crippen molar-refractivity contribution in [2.45, 2.75) is 12.6 Å². The van der Waals surface area contributed by atoms with Crippen molar-refractivity contribution in [3.63, 3.8) is 0 Å². The molecule has 2 amide bonds. The van der Waals surface area contributed by atoms with E-state index in [1.807, 2.05) is 40.1 Å². The molecule has 2 aliphatic heterocycles. The maximum Gasteiger partial charge on any atom is 0.320 e. The van der Waals surface area contributed by atoms with Crippen LogP contribution in [-0.2, 0) is 11.3 Å². The van der Waals surface area contributed by atoms with Gasteiger partial charge in [-0.15, -0.1) is 11.3 Å². The van der Waals surface area contributed by atoms with Crippen molar-refractivity contribution in [2.24, 2.45) is 0 Å². The fourth-order valence-electron chi connectivity index (χ4n) is 5.27. The molecule has 0 radical (unpaired) electrons. The second-order valence-electron chi connectivity index (χ2n) is 10.2. The molecule has 2 aliphatic rings. The number of benzene rings is 2. The number of anilines is 1. The zero-order valence-corrected chi connectivity index (χ0v) is 23.2. The second-order valence-corrected chi connectivity index (χ2v) is 11.2. The lowest BCUT2D eigenvalue weighted by atomic mass is 10.1. The second kappa shape index (κ2) is 12.3. The normalized spacial score (nSPS) is 17.2. The van der Waals surface area contributed by atoms with Crippen LogP contribution in [0.15, 0.2) is 67.0 Å². The number of urea groups is 1. The minimum absolute atomic E-state index is 0.0333. The van der Waals surface area contributed by atoms with Gasteiger partial charge in [0.1, 0.15) is 12.1 Å². The molecule has 0 bridgehead atoms. The third kappa shape index (κ3) is 5.95. The molecule has 0 spiro atoms. The fourth-order valence-corrected chi connectivity index (χ4v) is 6.34. The summed E-state index contributed by atoms with van der Waals surface area (Å²) in [6.45, 7) is 6.74. The molecule has 2 N–H and O–H groups in total. The van der Waals surface area contributed by atoms with Crippen molar-refractivity contribution in [1.82, 2.24) is 24.7 Å². The number of aliphatic hydroxyl groups is 1. The molecule has 40 heavy (non-hydrogen) atoms. The number of ether oxygens (including phenoxy) is 1. The van der Waals surface area contributed by atoms with Crippen LogP contribution in [0.1, 0.15) is 17.2 Å². The summed E-state index contributed by atoms with van der Waals surface area (Å²) < 4.78 is 6.35. The van der Waals surface area contributed by atoms with Crippen molar-refractivity contribution in [1.29, 1.82) is 0 Å². The Kier molecular flexibility index (Phi) is 8.19. The first-order chi connectivity index (χ1) is 19.7. The van der Waals surface area contributed by atoms with Crippen LogP contribution in [0.2, 0.25) is 0 Å². The molecule has 4 heterocycles. The zero-order chi connectivity index (χ0) is 27.3. The smallest absolute Gasteiger partial charge is 0.320 e. The van der Waals surface area contributed by atoms with Gasteiger partial charge in [-0.25, -0.2) is 14.8 Å². The molecule has 2 aromatic carbocycles. The van der Waals surface area contributed by atoms with Gasteiger partial charge in [0.25, 0.3) is 0 Å². The monoisotopic (exact) mass is 558 g/mol. The van der Waals surface area contributed by atoms with Crippen LogP contribution in [0.4, 0.5) is 10.6 Å². The Labute approximate surface area is 238 Å². The molecule has 10 heteroatoms. The van der Waals surface area contributed by atoms with Crippen LogP contribution in [0.5, 0.6) is 0 Å². The molecule has 4 aromatic rings. The van der Waals surface area contributed by atoms with Crippen molar-refractivity contribution in [3.8, 4) is 10.4 Å². The van der Waals surface area contributed by atoms with Crippen LogP contribution >= 0.6 is 11.3 Å². The Hall–Kier alpha value is -3.57. The van der Waals surface area contributed by atoms with E-state index >= 15 is 0 Å². The number of carbonyl (C=O) groups is 1. The Morgan fingerprint density at radius 1 is 0.950 bits per heavy atom. The standard InChI is InChI=1S/C30H34N6O3S/c37-20-26(23-4-2-1-3-5-23)33-29-28-25(31-21-32-29)18-27(40-28)24-8-6-22(7-9-24)19-34-10-12-35(13-11-34)30(38)36-14-16-39-17-15-36/h1-9,18,21,26,37H,10-17,19-20H2,(H,31,32,33)/t26-/m1/s1. The average Bonchev–Trinajstić information content (AvgIpc) is 3.46. The van der Waals surface area contributed by atoms with E-state index in [0.29, 0.717) is 26.3 Å². The SMILES string of the molecule is O=C(N1CCOCC1)N1CCN(Cc2ccc(-c3cc4ncnc(N[C@H](CO)c5ccccc5)c4s3)cc2)CC1. The molecule has 0 aliphatic carbocycles. The number of piperazine rings is 1. The van der Waals surface area contributed by atoms with Crippen LogP contribution in [0, 0.1) is 0 Å². The van der Waals surface area contributed by atoms with E-state index in [2.05, 4.69) is 50.5 Å². The number of aliphatic hydroxyl groups excluding tert-OH is 1. The first-order valence-corrected chi connectivity index (χ1v) is 14.6. The molecule has 6 rings (SSSR count). The lowest BCUT2D eigenvalue weighted by Gasteiger charge is -2.38. The van der Waals surface area contributed by atoms with Gasteiger partial charge >= 0.3 is 6.03 Å². The Balaban J connectivity index is 1.09. The van der Waals surface area contributed by atoms with Crippen LogP contribution in [-0.4, -0.2) is 94.9 Å². The zero-order valence-electron chi connectivity index (χ0n) is 22.4. The summed E-state index contributed by atoms with van der Waals surface area (Å²) in [5.74, 6) is 0.729. The number of hydrogen-bond acceptors (Lipinski definition) is 8. The number of aromatic nitrogens is 2. The molecule has 2 saturated heterocycles. The molecule has 2 fully saturated rings. The van der Waals surface area contributed by atoms with Gasteiger partial charge in [0.15, 0.2) is 0 Å². The highest BCUT2D eigenvalue weighted by atomic mass is 32.1. The van der Waals surface area contributed by atoms with Crippen molar-refractivity contribution < 1.29 is 14.6 Å². The summed E-state index contributed by atoms with van der Waals surface area (Å²) in [5, 5.41) is 13.4. The van der Waals surface area contributed by atoms with Crippen molar-refractivity contribution in [2.75, 3.05) is 64.4 Å². The van der Waals surface area contributed by atoms with Gasteiger partial charge in [-0.05, 0) is 22.8 Å². The highest BCUT2D eigenvalue weighted by Gasteiger charge is 2.26. The Morgan fingerprint density at radius 3 is 2.40 bits per heavy atom. The van der Waals surface area contributed by atoms with Crippen molar-refractivity contribution in [3.05, 3.63) is 78.1 Å². The number of thiophene rings is 1. The Morgan fingerprint density at radius 2 is 1.68 bits per heavy atom. The number of nitrogens with one attached hydrogen (secondary N) is 1. The summed E-state index contributed by atoms with van der Waals surface area (Å²) >= 11 is 1.65. The highest BCUT2D eigenvalue weighted by Crippen LogP contribution is 2.36. The van der Waals surface area contributed by atoms with E-state index in [-0.39, 0.29) is 18.7 Å². The van der Waals surface area contributed by atoms with Gasteiger partial charge in [0.05, 0.1) is 36.1 Å². The van der Waals surface area contributed by atoms with Gasteiger partial charge < -0.3 is 25.0 Å². The predicted molar refractivity (Wildman–Crippen MR) is 157 cm³/mol. The van der Waals surface area contributed by atoms with Gasteiger partial charge in [-0.1, -0.05) is 54.6 Å². The summed E-state index contributed by atoms with van der Waals surface area (Å²) in [6, 6.07) is 20.6. The number of carbonyl (C=O) groups excluding carboxylic acids is 1. The van der Waals surface area contributed by atoms with Gasteiger partial charge in [0, 0.05) is 50.7 Å². The fraction of sp³-hybridized carbons (Fsp3) is 0.367. The molecule has 2 aromatic heterocycles. The minimum atomic E-state index is -0.247. The van der Waals surface area contributed by atoms with E-state index in [1.54, 1.807) is 17.7 Å². The lowest BCUT2D eigenvalue weighted by molar-refractivity contribution is 0.0373. The van der Waals surface area contributed by atoms with Crippen LogP contribution in [0.3, 0.4) is 0 Å². The third-order valence-corrected chi connectivity index (χ3v) is 8.76. The lowest BCUT2D eigenvalue weighted by Crippen LogP contribution is -2.54. The Bertz CT molecular complexity index is 1420. The molecule has 9 nitrogen and oxygen atoms in total. The van der Waals surface area contributed by atoms with Crippen molar-refractivity contribution >= 4 is 33.4 Å². The number of fused-ring (bicyclic) bond motifs is 1. The number of nitrogens with zero attached hydrogens (tertiary/aromatic N) is 5. The molecule has 0 unspecified atom stereocenters. The summed E-state index contributed by atoms with van der Waals surface area (Å²) in [5.41, 5.74) is 4.29. The highest BCUT2D eigenvalue weighted by molar-refractivity contribution is 7.22. The molecular weight excluding hydrogens is 524 g/mol. The summed E-state index contributed by atoms with van der Waals surface area (Å²) in [4.78, 5) is 29.2. The van der Waals surface area contributed by atoms with Crippen LogP contribution in [0.25, 0.3) is 20.7 Å². The minimum Gasteiger partial charge on any atom is -0.394 e. The number of morpholine rings is 1. The van der Waals surface area contributed by atoms with Crippen LogP contribution < -0.4 is 5.32 Å². The van der Waals surface area contributed by atoms with E-state index in [9.17, 15) is 9.90 Å². The van der Waals surface area contributed by atoms with E-state index in [4.69, 9.17) is 4.74 Å². The van der Waals surface area contributed by atoms with Gasteiger partial charge in [-0.3, -0.25) is 4.90 Å². The first kappa shape index (κ1) is 26.6. The molecular formula is C30H34N6O3S. The summed E-state index contributed by atoms with van der Waals surface area (Å²) in [6.07, 6.45) is 1.57. The summed E-state index contributed by atoms with van der Waals surface area (Å²) in [7, 11) is 0. The van der Waals surface area contributed by atoms with E-state index in [0.717, 1.165) is 64.8 Å². The molecule has 208 valence electrons. The number of rotatable bonds is 7. The molecule has 1 atom stereocenters. The quantitative estimate of drug-likeness (QED) is 0.353. The third-order valence-electron chi connectivity index (χ3n) is 7.58. The number of hydrogen-bond donors (Lipinski definition) is 2. The van der Waals surface area contributed by atoms with E-state index in [1.165, 1.54) is 5.56 Å².